The van der Waals surface area contributed by atoms with Gasteiger partial charge < -0.3 is 13.6 Å². The highest BCUT2D eigenvalue weighted by atomic mass is 35.5. The molecule has 4 rings (SSSR count). The third-order valence-electron chi connectivity index (χ3n) is 3.82. The standard InChI is InChI=1S/C19H13ClN2O4/c1-11-7-18(23)25-16-9-14(5-6-15(11)16)24-10-17-21-22-19(26-17)12-3-2-4-13(20)8-12/h2-9H,10H2,1H3. The third-order valence-corrected chi connectivity index (χ3v) is 4.06. The maximum atomic E-state index is 11.5. The Bertz CT molecular complexity index is 1150. The molecule has 130 valence electrons. The molecule has 0 fully saturated rings. The molecule has 0 atom stereocenters. The molecule has 0 radical (unpaired) electrons. The minimum absolute atomic E-state index is 0.0924. The van der Waals surface area contributed by atoms with Crippen molar-refractivity contribution in [2.24, 2.45) is 0 Å². The fourth-order valence-electron chi connectivity index (χ4n) is 2.59. The molecule has 0 bridgehead atoms. The number of nitrogens with zero attached hydrogens (tertiary/aromatic N) is 2. The van der Waals surface area contributed by atoms with Crippen LogP contribution in [-0.4, -0.2) is 10.2 Å². The van der Waals surface area contributed by atoms with Crippen LogP contribution in [0.2, 0.25) is 5.02 Å². The zero-order valence-electron chi connectivity index (χ0n) is 13.7. The van der Waals surface area contributed by atoms with Crippen LogP contribution < -0.4 is 10.4 Å². The van der Waals surface area contributed by atoms with Crippen LogP contribution in [0.3, 0.4) is 0 Å². The van der Waals surface area contributed by atoms with E-state index in [2.05, 4.69) is 10.2 Å². The average Bonchev–Trinajstić information content (AvgIpc) is 3.08. The first-order valence-corrected chi connectivity index (χ1v) is 8.22. The molecule has 0 saturated carbocycles. The lowest BCUT2D eigenvalue weighted by Gasteiger charge is -2.05. The molecule has 0 aliphatic heterocycles. The number of aromatic nitrogens is 2. The Kier molecular flexibility index (Phi) is 4.18. The predicted molar refractivity (Wildman–Crippen MR) is 96.3 cm³/mol. The van der Waals surface area contributed by atoms with E-state index in [1.165, 1.54) is 6.07 Å². The lowest BCUT2D eigenvalue weighted by atomic mass is 10.1. The maximum absolute atomic E-state index is 11.5. The summed E-state index contributed by atoms with van der Waals surface area (Å²) >= 11 is 5.97. The van der Waals surface area contributed by atoms with Gasteiger partial charge >= 0.3 is 5.63 Å². The Morgan fingerprint density at radius 2 is 1.96 bits per heavy atom. The van der Waals surface area contributed by atoms with E-state index in [0.717, 1.165) is 16.5 Å². The minimum atomic E-state index is -0.393. The predicted octanol–water partition coefficient (Wildman–Crippen LogP) is 4.38. The monoisotopic (exact) mass is 368 g/mol. The summed E-state index contributed by atoms with van der Waals surface area (Å²) in [4.78, 5) is 11.5. The van der Waals surface area contributed by atoms with Crippen molar-refractivity contribution < 1.29 is 13.6 Å². The van der Waals surface area contributed by atoms with E-state index < -0.39 is 5.63 Å². The molecule has 26 heavy (non-hydrogen) atoms. The average molecular weight is 369 g/mol. The molecule has 6 nitrogen and oxygen atoms in total. The van der Waals surface area contributed by atoms with E-state index in [1.54, 1.807) is 24.3 Å². The molecule has 7 heteroatoms. The third kappa shape index (κ3) is 3.32. The van der Waals surface area contributed by atoms with Crippen molar-refractivity contribution >= 4 is 22.6 Å². The Balaban J connectivity index is 1.53. The second-order valence-electron chi connectivity index (χ2n) is 5.71. The zero-order chi connectivity index (χ0) is 18.1. The first-order chi connectivity index (χ1) is 12.6. The highest BCUT2D eigenvalue weighted by Crippen LogP contribution is 2.24. The molecule has 0 saturated heterocycles. The molecule has 0 N–H and O–H groups in total. The summed E-state index contributed by atoms with van der Waals surface area (Å²) in [5, 5.41) is 9.42. The van der Waals surface area contributed by atoms with E-state index >= 15 is 0 Å². The number of ether oxygens (including phenoxy) is 1. The van der Waals surface area contributed by atoms with Gasteiger partial charge in [0.1, 0.15) is 11.3 Å². The lowest BCUT2D eigenvalue weighted by Crippen LogP contribution is -1.99. The molecule has 2 aromatic carbocycles. The van der Waals surface area contributed by atoms with Crippen molar-refractivity contribution in [2.75, 3.05) is 0 Å². The van der Waals surface area contributed by atoms with E-state index in [1.807, 2.05) is 25.1 Å². The van der Waals surface area contributed by atoms with E-state index in [9.17, 15) is 4.79 Å². The summed E-state index contributed by atoms with van der Waals surface area (Å²) in [5.74, 6) is 1.23. The van der Waals surface area contributed by atoms with Gasteiger partial charge in [-0.05, 0) is 42.8 Å². The summed E-state index contributed by atoms with van der Waals surface area (Å²) < 4.78 is 16.5. The zero-order valence-corrected chi connectivity index (χ0v) is 14.5. The van der Waals surface area contributed by atoms with Gasteiger partial charge in [0.15, 0.2) is 6.61 Å². The molecule has 0 aliphatic rings. The van der Waals surface area contributed by atoms with Gasteiger partial charge in [0.05, 0.1) is 0 Å². The maximum Gasteiger partial charge on any atom is 0.336 e. The van der Waals surface area contributed by atoms with Crippen LogP contribution in [-0.2, 0) is 6.61 Å². The van der Waals surface area contributed by atoms with Gasteiger partial charge in [-0.25, -0.2) is 4.79 Å². The van der Waals surface area contributed by atoms with Crippen molar-refractivity contribution in [3.63, 3.8) is 0 Å². The van der Waals surface area contributed by atoms with Gasteiger partial charge in [-0.2, -0.15) is 0 Å². The molecular weight excluding hydrogens is 356 g/mol. The number of hydrogen-bond acceptors (Lipinski definition) is 6. The van der Waals surface area contributed by atoms with Gasteiger partial charge in [0.25, 0.3) is 5.89 Å². The van der Waals surface area contributed by atoms with Gasteiger partial charge in [0.2, 0.25) is 5.89 Å². The van der Waals surface area contributed by atoms with Crippen molar-refractivity contribution in [1.82, 2.24) is 10.2 Å². The smallest absolute Gasteiger partial charge is 0.336 e. The normalized spacial score (nSPS) is 11.0. The number of fused-ring (bicyclic) bond motifs is 1. The van der Waals surface area contributed by atoms with E-state index in [0.29, 0.717) is 28.1 Å². The van der Waals surface area contributed by atoms with Crippen LogP contribution in [0.4, 0.5) is 0 Å². The highest BCUT2D eigenvalue weighted by molar-refractivity contribution is 6.30. The fourth-order valence-corrected chi connectivity index (χ4v) is 2.78. The minimum Gasteiger partial charge on any atom is -0.484 e. The summed E-state index contributed by atoms with van der Waals surface area (Å²) in [6, 6.07) is 13.9. The molecule has 2 heterocycles. The number of halogens is 1. The Morgan fingerprint density at radius 3 is 2.81 bits per heavy atom. The van der Waals surface area contributed by atoms with Crippen LogP contribution >= 0.6 is 11.6 Å². The first kappa shape index (κ1) is 16.4. The number of benzene rings is 2. The van der Waals surface area contributed by atoms with E-state index in [-0.39, 0.29) is 6.61 Å². The molecule has 0 unspecified atom stereocenters. The van der Waals surface area contributed by atoms with Gasteiger partial charge in [0, 0.05) is 28.1 Å². The van der Waals surface area contributed by atoms with Crippen LogP contribution in [0.25, 0.3) is 22.4 Å². The van der Waals surface area contributed by atoms with Crippen LogP contribution in [0.1, 0.15) is 11.5 Å². The second-order valence-corrected chi connectivity index (χ2v) is 6.14. The van der Waals surface area contributed by atoms with Gasteiger partial charge in [-0.3, -0.25) is 0 Å². The van der Waals surface area contributed by atoms with E-state index in [4.69, 9.17) is 25.2 Å². The molecule has 0 spiro atoms. The first-order valence-electron chi connectivity index (χ1n) is 7.84. The van der Waals surface area contributed by atoms with Crippen molar-refractivity contribution in [2.45, 2.75) is 13.5 Å². The summed E-state index contributed by atoms with van der Waals surface area (Å²) in [6.07, 6.45) is 0. The molecule has 2 aromatic heterocycles. The summed E-state index contributed by atoms with van der Waals surface area (Å²) in [6.45, 7) is 1.95. The van der Waals surface area contributed by atoms with Crippen molar-refractivity contribution in [3.05, 3.63) is 75.4 Å². The highest BCUT2D eigenvalue weighted by Gasteiger charge is 2.10. The van der Waals surface area contributed by atoms with Crippen LogP contribution in [0.5, 0.6) is 5.75 Å². The summed E-state index contributed by atoms with van der Waals surface area (Å²) in [5.41, 5.74) is 1.66. The lowest BCUT2D eigenvalue weighted by molar-refractivity contribution is 0.264. The van der Waals surface area contributed by atoms with Gasteiger partial charge in [-0.1, -0.05) is 17.7 Å². The Morgan fingerprint density at radius 1 is 1.08 bits per heavy atom. The van der Waals surface area contributed by atoms with Gasteiger partial charge in [-0.15, -0.1) is 10.2 Å². The number of rotatable bonds is 4. The Labute approximate surface area is 153 Å². The topological polar surface area (TPSA) is 78.4 Å². The van der Waals surface area contributed by atoms with Crippen molar-refractivity contribution in [1.29, 1.82) is 0 Å². The number of aryl methyl sites for hydroxylation is 1. The quantitative estimate of drug-likeness (QED) is 0.497. The second kappa shape index (κ2) is 6.65. The fraction of sp³-hybridized carbons (Fsp3) is 0.105. The largest absolute Gasteiger partial charge is 0.484 e. The van der Waals surface area contributed by atoms with Crippen molar-refractivity contribution in [3.8, 4) is 17.2 Å². The molecule has 0 aliphatic carbocycles. The molecule has 0 amide bonds. The molecular formula is C19H13ClN2O4. The van der Waals surface area contributed by atoms with Crippen LogP contribution in [0, 0.1) is 6.92 Å². The Hall–Kier alpha value is -3.12. The summed E-state index contributed by atoms with van der Waals surface area (Å²) in [7, 11) is 0. The SMILES string of the molecule is Cc1cc(=O)oc2cc(OCc3nnc(-c4cccc(Cl)c4)o3)ccc12. The number of hydrogen-bond donors (Lipinski definition) is 0. The van der Waals surface area contributed by atoms with Crippen LogP contribution in [0.15, 0.2) is 62.2 Å². The molecule has 4 aromatic rings.